The Morgan fingerprint density at radius 2 is 2.04 bits per heavy atom. The van der Waals surface area contributed by atoms with Gasteiger partial charge in [-0.3, -0.25) is 4.79 Å². The van der Waals surface area contributed by atoms with Crippen molar-refractivity contribution >= 4 is 38.7 Å². The number of phenolic OH excluding ortho intramolecular Hbond substituents is 1. The van der Waals surface area contributed by atoms with Crippen LogP contribution in [0.1, 0.15) is 37.6 Å². The molecule has 0 fully saturated rings. The molecule has 1 atom stereocenters. The molecule has 3 aromatic rings. The van der Waals surface area contributed by atoms with E-state index >= 15 is 0 Å². The second-order valence-corrected chi connectivity index (χ2v) is 7.86. The minimum Gasteiger partial charge on any atom is -0.507 e. The maximum atomic E-state index is 13.1. The zero-order chi connectivity index (χ0) is 20.4. The summed E-state index contributed by atoms with van der Waals surface area (Å²) < 4.78 is 2.14. The molecule has 1 aromatic heterocycles. The normalized spacial score (nSPS) is 12.6. The molecule has 2 aromatic carbocycles. The van der Waals surface area contributed by atoms with Crippen molar-refractivity contribution in [2.24, 2.45) is 5.10 Å². The van der Waals surface area contributed by atoms with Crippen LogP contribution in [0.25, 0.3) is 10.9 Å². The van der Waals surface area contributed by atoms with E-state index in [1.165, 1.54) is 10.9 Å². The molecule has 0 saturated heterocycles. The highest BCUT2D eigenvalue weighted by Gasteiger charge is 2.15. The van der Waals surface area contributed by atoms with Crippen LogP contribution in [0.15, 0.2) is 50.8 Å². The van der Waals surface area contributed by atoms with Crippen molar-refractivity contribution in [1.82, 2.24) is 9.66 Å². The molecule has 0 spiro atoms. The molecule has 0 unspecified atom stereocenters. The smallest absolute Gasteiger partial charge is 0.282 e. The van der Waals surface area contributed by atoms with Gasteiger partial charge in [0.1, 0.15) is 11.6 Å². The van der Waals surface area contributed by atoms with Gasteiger partial charge in [-0.15, -0.1) is 0 Å². The molecule has 6 nitrogen and oxygen atoms in total. The number of halogens is 1. The molecule has 0 amide bonds. The first kappa shape index (κ1) is 20.1. The fourth-order valence-electron chi connectivity index (χ4n) is 2.82. The summed E-state index contributed by atoms with van der Waals surface area (Å²) in [5.74, 6) is 0.759. The third-order valence-corrected chi connectivity index (χ3v) is 5.22. The third-order valence-electron chi connectivity index (χ3n) is 4.73. The maximum absolute atomic E-state index is 13.1. The predicted octanol–water partition coefficient (Wildman–Crippen LogP) is 4.33. The molecule has 0 radical (unpaired) electrons. The van der Waals surface area contributed by atoms with Gasteiger partial charge in [0.15, 0.2) is 0 Å². The van der Waals surface area contributed by atoms with Crippen molar-refractivity contribution in [3.05, 3.63) is 62.6 Å². The Labute approximate surface area is 172 Å². The summed E-state index contributed by atoms with van der Waals surface area (Å²) in [5, 5.41) is 15.2. The van der Waals surface area contributed by atoms with E-state index in [1.807, 2.05) is 51.0 Å². The molecule has 146 valence electrons. The molecular formula is C21H23BrN4O2. The zero-order valence-electron chi connectivity index (χ0n) is 16.3. The fourth-order valence-corrected chi connectivity index (χ4v) is 3.18. The van der Waals surface area contributed by atoms with Crippen molar-refractivity contribution in [2.45, 2.75) is 26.2 Å². The molecule has 0 aliphatic carbocycles. The molecule has 0 bridgehead atoms. The van der Waals surface area contributed by atoms with E-state index in [0.717, 1.165) is 16.6 Å². The van der Waals surface area contributed by atoms with Crippen LogP contribution < -0.4 is 10.5 Å². The van der Waals surface area contributed by atoms with Crippen LogP contribution in [0, 0.1) is 0 Å². The number of aromatic nitrogens is 2. The third kappa shape index (κ3) is 3.94. The number of nitrogens with zero attached hydrogens (tertiary/aromatic N) is 4. The minimum atomic E-state index is -0.234. The first-order valence-corrected chi connectivity index (χ1v) is 9.88. The Hall–Kier alpha value is -2.67. The summed E-state index contributed by atoms with van der Waals surface area (Å²) >= 11 is 3.40. The Morgan fingerprint density at radius 1 is 1.29 bits per heavy atom. The molecular weight excluding hydrogens is 420 g/mol. The summed E-state index contributed by atoms with van der Waals surface area (Å²) in [5.41, 5.74) is 1.82. The van der Waals surface area contributed by atoms with E-state index in [9.17, 15) is 9.90 Å². The van der Waals surface area contributed by atoms with E-state index in [0.29, 0.717) is 22.3 Å². The van der Waals surface area contributed by atoms with Crippen LogP contribution >= 0.6 is 15.9 Å². The Morgan fingerprint density at radius 3 is 2.68 bits per heavy atom. The standard InChI is InChI=1S/C21H23BrN4O2/c1-5-13(2)20-24-18-9-7-15(22)10-17(18)21(28)26(20)23-12-14-6-8-16(25(3)4)11-19(14)27/h6-13,27H,5H2,1-4H3/t13-/m1/s1. The number of rotatable bonds is 5. The molecule has 0 saturated carbocycles. The zero-order valence-corrected chi connectivity index (χ0v) is 17.9. The summed E-state index contributed by atoms with van der Waals surface area (Å²) in [4.78, 5) is 19.7. The van der Waals surface area contributed by atoms with Crippen molar-refractivity contribution in [2.75, 3.05) is 19.0 Å². The SMILES string of the molecule is CC[C@@H](C)c1nc2ccc(Br)cc2c(=O)n1N=Cc1ccc(N(C)C)cc1O. The molecule has 0 aliphatic heterocycles. The van der Waals surface area contributed by atoms with Gasteiger partial charge in [-0.25, -0.2) is 4.98 Å². The van der Waals surface area contributed by atoms with Crippen molar-refractivity contribution < 1.29 is 5.11 Å². The van der Waals surface area contributed by atoms with E-state index in [-0.39, 0.29) is 17.2 Å². The van der Waals surface area contributed by atoms with E-state index in [4.69, 9.17) is 0 Å². The highest BCUT2D eigenvalue weighted by molar-refractivity contribution is 9.10. The van der Waals surface area contributed by atoms with Crippen molar-refractivity contribution in [3.8, 4) is 5.75 Å². The first-order valence-electron chi connectivity index (χ1n) is 9.08. The fraction of sp³-hybridized carbons (Fsp3) is 0.286. The molecule has 1 N–H and O–H groups in total. The highest BCUT2D eigenvalue weighted by Crippen LogP contribution is 2.23. The van der Waals surface area contributed by atoms with Crippen LogP contribution in [-0.4, -0.2) is 35.1 Å². The number of aromatic hydroxyl groups is 1. The van der Waals surface area contributed by atoms with Gasteiger partial charge in [0.25, 0.3) is 5.56 Å². The van der Waals surface area contributed by atoms with Crippen LogP contribution in [0.3, 0.4) is 0 Å². The van der Waals surface area contributed by atoms with E-state index < -0.39 is 0 Å². The summed E-state index contributed by atoms with van der Waals surface area (Å²) in [6, 6.07) is 10.8. The Kier molecular flexibility index (Phi) is 5.84. The second-order valence-electron chi connectivity index (χ2n) is 6.94. The van der Waals surface area contributed by atoms with Crippen LogP contribution in [-0.2, 0) is 0 Å². The predicted molar refractivity (Wildman–Crippen MR) is 118 cm³/mol. The second kappa shape index (κ2) is 8.14. The lowest BCUT2D eigenvalue weighted by molar-refractivity contribution is 0.474. The van der Waals surface area contributed by atoms with Crippen LogP contribution in [0.2, 0.25) is 0 Å². The minimum absolute atomic E-state index is 0.0580. The number of benzene rings is 2. The number of hydrogen-bond acceptors (Lipinski definition) is 5. The molecule has 1 heterocycles. The Balaban J connectivity index is 2.14. The van der Waals surface area contributed by atoms with Gasteiger partial charge in [0.05, 0.1) is 17.1 Å². The highest BCUT2D eigenvalue weighted by atomic mass is 79.9. The van der Waals surface area contributed by atoms with Gasteiger partial charge in [-0.05, 0) is 36.8 Å². The van der Waals surface area contributed by atoms with Gasteiger partial charge in [0.2, 0.25) is 0 Å². The molecule has 0 aliphatic rings. The van der Waals surface area contributed by atoms with Gasteiger partial charge in [0, 0.05) is 41.8 Å². The summed E-state index contributed by atoms with van der Waals surface area (Å²) in [7, 11) is 3.80. The van der Waals surface area contributed by atoms with Crippen molar-refractivity contribution in [1.29, 1.82) is 0 Å². The molecule has 7 heteroatoms. The topological polar surface area (TPSA) is 70.7 Å². The van der Waals surface area contributed by atoms with Gasteiger partial charge in [-0.1, -0.05) is 29.8 Å². The first-order chi connectivity index (χ1) is 13.3. The lowest BCUT2D eigenvalue weighted by atomic mass is 10.1. The summed E-state index contributed by atoms with van der Waals surface area (Å²) in [6.07, 6.45) is 2.32. The summed E-state index contributed by atoms with van der Waals surface area (Å²) in [6.45, 7) is 4.06. The van der Waals surface area contributed by atoms with E-state index in [1.54, 1.807) is 18.2 Å². The van der Waals surface area contributed by atoms with Gasteiger partial charge in [-0.2, -0.15) is 9.78 Å². The van der Waals surface area contributed by atoms with Crippen molar-refractivity contribution in [3.63, 3.8) is 0 Å². The molecule has 28 heavy (non-hydrogen) atoms. The van der Waals surface area contributed by atoms with Crippen LogP contribution in [0.5, 0.6) is 5.75 Å². The Bertz CT molecular complexity index is 1110. The monoisotopic (exact) mass is 442 g/mol. The number of phenols is 1. The lowest BCUT2D eigenvalue weighted by Crippen LogP contribution is -2.23. The van der Waals surface area contributed by atoms with Gasteiger partial charge >= 0.3 is 0 Å². The number of anilines is 1. The molecule has 3 rings (SSSR count). The quantitative estimate of drug-likeness (QED) is 0.596. The van der Waals surface area contributed by atoms with Gasteiger partial charge < -0.3 is 10.0 Å². The number of fused-ring (bicyclic) bond motifs is 1. The van der Waals surface area contributed by atoms with E-state index in [2.05, 4.69) is 26.0 Å². The van der Waals surface area contributed by atoms with Crippen LogP contribution in [0.4, 0.5) is 5.69 Å². The largest absolute Gasteiger partial charge is 0.507 e. The lowest BCUT2D eigenvalue weighted by Gasteiger charge is -2.14. The average molecular weight is 443 g/mol. The number of hydrogen-bond donors (Lipinski definition) is 1. The maximum Gasteiger partial charge on any atom is 0.282 e. The average Bonchev–Trinajstić information content (AvgIpc) is 2.67.